The van der Waals surface area contributed by atoms with E-state index in [0.717, 1.165) is 25.9 Å². The Hall–Kier alpha value is -1.10. The molecule has 0 radical (unpaired) electrons. The predicted molar refractivity (Wildman–Crippen MR) is 83.1 cm³/mol. The third kappa shape index (κ3) is 4.70. The lowest BCUT2D eigenvalue weighted by molar-refractivity contribution is -0.152. The Morgan fingerprint density at radius 2 is 1.76 bits per heavy atom. The zero-order chi connectivity index (χ0) is 16.1. The van der Waals surface area contributed by atoms with Crippen LogP contribution in [0.4, 0.5) is 0 Å². The van der Waals surface area contributed by atoms with Gasteiger partial charge in [0.1, 0.15) is 0 Å². The van der Waals surface area contributed by atoms with Crippen molar-refractivity contribution in [2.24, 2.45) is 10.8 Å². The molecule has 1 amide bonds. The van der Waals surface area contributed by atoms with Gasteiger partial charge >= 0.3 is 5.97 Å². The van der Waals surface area contributed by atoms with Gasteiger partial charge in [0.15, 0.2) is 0 Å². The molecule has 0 saturated carbocycles. The van der Waals surface area contributed by atoms with Gasteiger partial charge in [0.25, 0.3) is 0 Å². The Balaban J connectivity index is 2.52. The fraction of sp³-hybridized carbons (Fsp3) is 0.875. The number of rotatable bonds is 7. The Labute approximate surface area is 128 Å². The third-order valence-electron chi connectivity index (χ3n) is 5.21. The summed E-state index contributed by atoms with van der Waals surface area (Å²) in [6, 6.07) is 0. The van der Waals surface area contributed by atoms with Crippen LogP contribution in [0.1, 0.15) is 52.9 Å². The number of carboxylic acids is 1. The maximum absolute atomic E-state index is 12.1. The SMILES string of the molecule is CCC(CC)(CC(=O)NCC1(C)CCN(C)CC1)C(=O)O. The highest BCUT2D eigenvalue weighted by atomic mass is 16.4. The number of nitrogens with one attached hydrogen (secondary N) is 1. The molecule has 1 rings (SSSR count). The van der Waals surface area contributed by atoms with Crippen molar-refractivity contribution < 1.29 is 14.7 Å². The van der Waals surface area contributed by atoms with E-state index < -0.39 is 11.4 Å². The lowest BCUT2D eigenvalue weighted by atomic mass is 9.78. The summed E-state index contributed by atoms with van der Waals surface area (Å²) in [7, 11) is 2.11. The van der Waals surface area contributed by atoms with Crippen LogP contribution in [0.25, 0.3) is 0 Å². The summed E-state index contributed by atoms with van der Waals surface area (Å²) in [6.45, 7) is 8.62. The van der Waals surface area contributed by atoms with E-state index in [1.165, 1.54) is 0 Å². The van der Waals surface area contributed by atoms with Gasteiger partial charge in [0.2, 0.25) is 5.91 Å². The van der Waals surface area contributed by atoms with Crippen LogP contribution in [0.2, 0.25) is 0 Å². The molecule has 1 fully saturated rings. The molecule has 21 heavy (non-hydrogen) atoms. The second-order valence-corrected chi connectivity index (χ2v) is 6.86. The summed E-state index contributed by atoms with van der Waals surface area (Å²) >= 11 is 0. The molecule has 0 atom stereocenters. The van der Waals surface area contributed by atoms with E-state index >= 15 is 0 Å². The smallest absolute Gasteiger partial charge is 0.310 e. The molecule has 1 aliphatic rings. The largest absolute Gasteiger partial charge is 0.481 e. The first-order valence-corrected chi connectivity index (χ1v) is 7.95. The van der Waals surface area contributed by atoms with Crippen LogP contribution in [0.5, 0.6) is 0 Å². The van der Waals surface area contributed by atoms with E-state index in [1.807, 2.05) is 13.8 Å². The van der Waals surface area contributed by atoms with Crippen molar-refractivity contribution in [1.82, 2.24) is 10.2 Å². The summed E-state index contributed by atoms with van der Waals surface area (Å²) in [6.07, 6.45) is 3.17. The second-order valence-electron chi connectivity index (χ2n) is 6.86. The lowest BCUT2D eigenvalue weighted by Gasteiger charge is -2.38. The fourth-order valence-electron chi connectivity index (χ4n) is 2.90. The van der Waals surface area contributed by atoms with E-state index in [1.54, 1.807) is 0 Å². The normalized spacial score (nSPS) is 19.2. The zero-order valence-electron chi connectivity index (χ0n) is 13.9. The molecule has 0 bridgehead atoms. The van der Waals surface area contributed by atoms with Gasteiger partial charge in [-0.15, -0.1) is 0 Å². The number of nitrogens with zero attached hydrogens (tertiary/aromatic N) is 1. The Morgan fingerprint density at radius 3 is 2.19 bits per heavy atom. The van der Waals surface area contributed by atoms with Crippen LogP contribution in [-0.2, 0) is 9.59 Å². The first-order chi connectivity index (χ1) is 9.77. The van der Waals surface area contributed by atoms with E-state index in [9.17, 15) is 14.7 Å². The maximum atomic E-state index is 12.1. The predicted octanol–water partition coefficient (Wildman–Crippen LogP) is 2.12. The molecule has 5 nitrogen and oxygen atoms in total. The first-order valence-electron chi connectivity index (χ1n) is 7.95. The highest BCUT2D eigenvalue weighted by molar-refractivity contribution is 5.84. The second kappa shape index (κ2) is 7.25. The molecule has 1 heterocycles. The average Bonchev–Trinajstić information content (AvgIpc) is 2.46. The van der Waals surface area contributed by atoms with Crippen LogP contribution >= 0.6 is 0 Å². The van der Waals surface area contributed by atoms with Crippen molar-refractivity contribution in [2.75, 3.05) is 26.7 Å². The summed E-state index contributed by atoms with van der Waals surface area (Å²) in [5, 5.41) is 12.3. The van der Waals surface area contributed by atoms with Crippen LogP contribution in [-0.4, -0.2) is 48.6 Å². The molecule has 0 aromatic heterocycles. The van der Waals surface area contributed by atoms with E-state index in [4.69, 9.17) is 0 Å². The topological polar surface area (TPSA) is 69.6 Å². The highest BCUT2D eigenvalue weighted by Gasteiger charge is 2.37. The number of aliphatic carboxylic acids is 1. The van der Waals surface area contributed by atoms with Crippen molar-refractivity contribution in [3.05, 3.63) is 0 Å². The summed E-state index contributed by atoms with van der Waals surface area (Å²) in [5.41, 5.74) is -0.787. The number of likely N-dealkylation sites (tertiary alicyclic amines) is 1. The van der Waals surface area contributed by atoms with Crippen molar-refractivity contribution in [3.8, 4) is 0 Å². The van der Waals surface area contributed by atoms with Crippen molar-refractivity contribution >= 4 is 11.9 Å². The lowest BCUT2D eigenvalue weighted by Crippen LogP contribution is -2.45. The van der Waals surface area contributed by atoms with E-state index in [0.29, 0.717) is 19.4 Å². The summed E-state index contributed by atoms with van der Waals surface area (Å²) in [5.74, 6) is -1.01. The van der Waals surface area contributed by atoms with Crippen molar-refractivity contribution in [3.63, 3.8) is 0 Å². The Morgan fingerprint density at radius 1 is 1.24 bits per heavy atom. The first kappa shape index (κ1) is 18.0. The van der Waals surface area contributed by atoms with Crippen molar-refractivity contribution in [2.45, 2.75) is 52.9 Å². The molecule has 2 N–H and O–H groups in total. The molecule has 1 aliphatic heterocycles. The number of piperidine rings is 1. The summed E-state index contributed by atoms with van der Waals surface area (Å²) < 4.78 is 0. The highest BCUT2D eigenvalue weighted by Crippen LogP contribution is 2.32. The number of carbonyl (C=O) groups is 2. The van der Waals surface area contributed by atoms with Crippen molar-refractivity contribution in [1.29, 1.82) is 0 Å². The van der Waals surface area contributed by atoms with E-state index in [2.05, 4.69) is 24.2 Å². The quantitative estimate of drug-likeness (QED) is 0.755. The van der Waals surface area contributed by atoms with Gasteiger partial charge in [0.05, 0.1) is 5.41 Å². The minimum absolute atomic E-state index is 0.0747. The van der Waals surface area contributed by atoms with Gasteiger partial charge in [0, 0.05) is 13.0 Å². The number of carbonyl (C=O) groups excluding carboxylic acids is 1. The molecule has 0 aromatic carbocycles. The number of hydrogen-bond acceptors (Lipinski definition) is 3. The van der Waals surface area contributed by atoms with Gasteiger partial charge in [-0.2, -0.15) is 0 Å². The third-order valence-corrected chi connectivity index (χ3v) is 5.21. The average molecular weight is 298 g/mol. The molecular weight excluding hydrogens is 268 g/mol. The van der Waals surface area contributed by atoms with Crippen LogP contribution in [0, 0.1) is 10.8 Å². The monoisotopic (exact) mass is 298 g/mol. The minimum Gasteiger partial charge on any atom is -0.481 e. The molecule has 122 valence electrons. The van der Waals surface area contributed by atoms with Gasteiger partial charge in [-0.1, -0.05) is 20.8 Å². The standard InChI is InChI=1S/C16H30N2O3/c1-5-16(6-2,14(20)21)11-13(19)17-12-15(3)7-9-18(4)10-8-15/h5-12H2,1-4H3,(H,17,19)(H,20,21). The number of hydrogen-bond donors (Lipinski definition) is 2. The Kier molecular flexibility index (Phi) is 6.20. The van der Waals surface area contributed by atoms with Gasteiger partial charge in [-0.05, 0) is 51.2 Å². The maximum Gasteiger partial charge on any atom is 0.310 e. The molecule has 1 saturated heterocycles. The summed E-state index contributed by atoms with van der Waals surface area (Å²) in [4.78, 5) is 25.9. The van der Waals surface area contributed by atoms with Gasteiger partial charge in [-0.25, -0.2) is 0 Å². The molecule has 0 aromatic rings. The molecule has 0 spiro atoms. The minimum atomic E-state index is -0.919. The number of carboxylic acid groups (broad SMARTS) is 1. The Bertz CT molecular complexity index is 370. The molecule has 0 aliphatic carbocycles. The fourth-order valence-corrected chi connectivity index (χ4v) is 2.90. The van der Waals surface area contributed by atoms with Gasteiger partial charge in [-0.3, -0.25) is 9.59 Å². The zero-order valence-corrected chi connectivity index (χ0v) is 13.9. The molecule has 0 unspecified atom stereocenters. The van der Waals surface area contributed by atoms with E-state index in [-0.39, 0.29) is 17.7 Å². The molecule has 5 heteroatoms. The van der Waals surface area contributed by atoms with Crippen LogP contribution in [0.15, 0.2) is 0 Å². The van der Waals surface area contributed by atoms with Crippen LogP contribution < -0.4 is 5.32 Å². The van der Waals surface area contributed by atoms with Gasteiger partial charge < -0.3 is 15.3 Å². The molecular formula is C16H30N2O3. The number of amides is 1. The van der Waals surface area contributed by atoms with Crippen LogP contribution in [0.3, 0.4) is 0 Å².